The Bertz CT molecular complexity index is 1050. The zero-order chi connectivity index (χ0) is 25.2. The van der Waals surface area contributed by atoms with Gasteiger partial charge in [0.05, 0.1) is 0 Å². The molecule has 188 valence electrons. The molecule has 0 saturated carbocycles. The molecule has 2 aromatic carbocycles. The predicted molar refractivity (Wildman–Crippen MR) is 140 cm³/mol. The molecule has 2 aromatic rings. The fraction of sp³-hybridized carbons (Fsp3) is 0.517. The lowest BCUT2D eigenvalue weighted by Gasteiger charge is -2.35. The number of piperidine rings is 1. The van der Waals surface area contributed by atoms with E-state index in [2.05, 4.69) is 59.6 Å². The smallest absolute Gasteiger partial charge is 0.407 e. The number of rotatable bonds is 4. The number of anilines is 1. The monoisotopic (exact) mass is 477 g/mol. The molecular weight excluding hydrogens is 438 g/mol. The maximum Gasteiger partial charge on any atom is 0.407 e. The van der Waals surface area contributed by atoms with Crippen molar-refractivity contribution >= 4 is 17.7 Å². The van der Waals surface area contributed by atoms with Crippen LogP contribution in [0.15, 0.2) is 42.5 Å². The van der Waals surface area contributed by atoms with Crippen LogP contribution in [0, 0.1) is 0 Å². The summed E-state index contributed by atoms with van der Waals surface area (Å²) in [6.07, 6.45) is 3.55. The fourth-order valence-corrected chi connectivity index (χ4v) is 5.18. The minimum atomic E-state index is -0.469. The van der Waals surface area contributed by atoms with Crippen LogP contribution in [-0.2, 0) is 22.5 Å². The van der Waals surface area contributed by atoms with Crippen LogP contribution in [0.3, 0.4) is 0 Å². The number of carbonyl (C=O) groups excluding carboxylic acids is 2. The van der Waals surface area contributed by atoms with E-state index >= 15 is 0 Å². The van der Waals surface area contributed by atoms with Crippen molar-refractivity contribution in [3.8, 4) is 11.1 Å². The Labute approximate surface area is 209 Å². The summed E-state index contributed by atoms with van der Waals surface area (Å²) >= 11 is 0. The first-order valence-electron chi connectivity index (χ1n) is 12.8. The summed E-state index contributed by atoms with van der Waals surface area (Å²) in [6, 6.07) is 15.7. The van der Waals surface area contributed by atoms with Crippen LogP contribution in [0.2, 0.25) is 0 Å². The highest BCUT2D eigenvalue weighted by Crippen LogP contribution is 2.34. The molecule has 0 aliphatic carbocycles. The minimum absolute atomic E-state index is 0.111. The summed E-state index contributed by atoms with van der Waals surface area (Å²) in [6.45, 7) is 12.2. The maximum atomic E-state index is 12.1. The molecule has 2 aliphatic heterocycles. The van der Waals surface area contributed by atoms with Gasteiger partial charge in [-0.3, -0.25) is 9.69 Å². The third kappa shape index (κ3) is 6.43. The SMILES string of the molecule is CC(=O)N1c2ccc(-c3ccc(CN4CCC(NC(=O)OC(C)(C)C)CC4)cc3)cc2CC[C@@H]1C. The van der Waals surface area contributed by atoms with E-state index in [-0.39, 0.29) is 24.1 Å². The molecular formula is C29H39N3O3. The van der Waals surface area contributed by atoms with Crippen LogP contribution in [0.4, 0.5) is 10.5 Å². The molecule has 2 amide bonds. The molecule has 2 aliphatic rings. The van der Waals surface area contributed by atoms with Crippen molar-refractivity contribution in [1.29, 1.82) is 0 Å². The summed E-state index contributed by atoms with van der Waals surface area (Å²) in [5.41, 5.74) is 5.53. The average molecular weight is 478 g/mol. The molecule has 1 saturated heterocycles. The van der Waals surface area contributed by atoms with Crippen molar-refractivity contribution in [2.75, 3.05) is 18.0 Å². The fourth-order valence-electron chi connectivity index (χ4n) is 5.18. The number of nitrogens with one attached hydrogen (secondary N) is 1. The van der Waals surface area contributed by atoms with Gasteiger partial charge in [0.2, 0.25) is 5.91 Å². The minimum Gasteiger partial charge on any atom is -0.444 e. The van der Waals surface area contributed by atoms with Gasteiger partial charge in [-0.2, -0.15) is 0 Å². The second-order valence-corrected chi connectivity index (χ2v) is 11.0. The van der Waals surface area contributed by atoms with Crippen molar-refractivity contribution in [1.82, 2.24) is 10.2 Å². The number of alkyl carbamates (subject to hydrolysis) is 1. The van der Waals surface area contributed by atoms with Crippen LogP contribution in [0.1, 0.15) is 65.0 Å². The first-order valence-corrected chi connectivity index (χ1v) is 12.8. The van der Waals surface area contributed by atoms with E-state index in [0.717, 1.165) is 51.0 Å². The van der Waals surface area contributed by atoms with Crippen molar-refractivity contribution in [2.24, 2.45) is 0 Å². The highest BCUT2D eigenvalue weighted by Gasteiger charge is 2.26. The number of aryl methyl sites for hydroxylation is 1. The van der Waals surface area contributed by atoms with Crippen molar-refractivity contribution in [3.05, 3.63) is 53.6 Å². The Hall–Kier alpha value is -2.86. The quantitative estimate of drug-likeness (QED) is 0.629. The van der Waals surface area contributed by atoms with E-state index in [1.54, 1.807) is 6.92 Å². The van der Waals surface area contributed by atoms with Gasteiger partial charge in [0.25, 0.3) is 0 Å². The van der Waals surface area contributed by atoms with E-state index in [9.17, 15) is 9.59 Å². The van der Waals surface area contributed by atoms with E-state index in [1.807, 2.05) is 25.7 Å². The predicted octanol–water partition coefficient (Wildman–Crippen LogP) is 5.53. The summed E-state index contributed by atoms with van der Waals surface area (Å²) in [7, 11) is 0. The van der Waals surface area contributed by atoms with Crippen molar-refractivity contribution in [2.45, 2.75) is 84.5 Å². The van der Waals surface area contributed by atoms with Crippen LogP contribution < -0.4 is 10.2 Å². The second kappa shape index (κ2) is 10.4. The van der Waals surface area contributed by atoms with Gasteiger partial charge in [-0.1, -0.05) is 30.3 Å². The van der Waals surface area contributed by atoms with Gasteiger partial charge in [0.1, 0.15) is 5.60 Å². The van der Waals surface area contributed by atoms with Gasteiger partial charge in [-0.05, 0) is 87.8 Å². The summed E-state index contributed by atoms with van der Waals surface area (Å²) < 4.78 is 5.38. The number of hydrogen-bond donors (Lipinski definition) is 1. The number of ether oxygens (including phenoxy) is 1. The number of amides is 2. The molecule has 6 heteroatoms. The number of carbonyl (C=O) groups is 2. The van der Waals surface area contributed by atoms with Gasteiger partial charge in [0, 0.05) is 44.3 Å². The zero-order valence-corrected chi connectivity index (χ0v) is 21.8. The highest BCUT2D eigenvalue weighted by atomic mass is 16.6. The molecule has 0 spiro atoms. The van der Waals surface area contributed by atoms with Gasteiger partial charge < -0.3 is 15.0 Å². The Morgan fingerprint density at radius 2 is 1.66 bits per heavy atom. The Kier molecular flexibility index (Phi) is 7.50. The first kappa shape index (κ1) is 25.2. The van der Waals surface area contributed by atoms with Gasteiger partial charge >= 0.3 is 6.09 Å². The number of likely N-dealkylation sites (tertiary alicyclic amines) is 1. The highest BCUT2D eigenvalue weighted by molar-refractivity contribution is 5.94. The zero-order valence-electron chi connectivity index (χ0n) is 21.8. The van der Waals surface area contributed by atoms with Crippen LogP contribution in [-0.4, -0.2) is 47.7 Å². The third-order valence-corrected chi connectivity index (χ3v) is 6.95. The lowest BCUT2D eigenvalue weighted by molar-refractivity contribution is -0.117. The molecule has 1 N–H and O–H groups in total. The first-order chi connectivity index (χ1) is 16.6. The molecule has 1 atom stereocenters. The van der Waals surface area contributed by atoms with E-state index in [0.29, 0.717) is 0 Å². The van der Waals surface area contributed by atoms with Crippen molar-refractivity contribution in [3.63, 3.8) is 0 Å². The largest absolute Gasteiger partial charge is 0.444 e. The molecule has 1 fully saturated rings. The van der Waals surface area contributed by atoms with E-state index in [4.69, 9.17) is 4.74 Å². The number of benzene rings is 2. The summed E-state index contributed by atoms with van der Waals surface area (Å²) in [4.78, 5) is 28.5. The average Bonchev–Trinajstić information content (AvgIpc) is 2.79. The molecule has 0 bridgehead atoms. The van der Waals surface area contributed by atoms with Gasteiger partial charge in [0.15, 0.2) is 0 Å². The maximum absolute atomic E-state index is 12.1. The van der Waals surface area contributed by atoms with Crippen LogP contribution in [0.25, 0.3) is 11.1 Å². The lowest BCUT2D eigenvalue weighted by Crippen LogP contribution is -2.45. The normalized spacial score (nSPS) is 19.2. The Morgan fingerprint density at radius 1 is 1.00 bits per heavy atom. The molecule has 0 aromatic heterocycles. The number of fused-ring (bicyclic) bond motifs is 1. The molecule has 4 rings (SSSR count). The van der Waals surface area contributed by atoms with Crippen LogP contribution >= 0.6 is 0 Å². The number of nitrogens with zero attached hydrogens (tertiary/aromatic N) is 2. The van der Waals surface area contributed by atoms with E-state index in [1.165, 1.54) is 22.3 Å². The second-order valence-electron chi connectivity index (χ2n) is 11.0. The summed E-state index contributed by atoms with van der Waals surface area (Å²) in [5, 5.41) is 3.01. The Morgan fingerprint density at radius 3 is 2.29 bits per heavy atom. The standard InChI is InChI=1S/C29H39N3O3/c1-20-6-9-25-18-24(12-13-27(25)32(20)21(2)33)23-10-7-22(8-11-23)19-31-16-14-26(15-17-31)30-28(34)35-29(3,4)5/h7-8,10-13,18,20,26H,6,9,14-17,19H2,1-5H3,(H,30,34)/t20-/m0/s1. The molecule has 2 heterocycles. The van der Waals surface area contributed by atoms with Gasteiger partial charge in [-0.15, -0.1) is 0 Å². The van der Waals surface area contributed by atoms with Crippen LogP contribution in [0.5, 0.6) is 0 Å². The van der Waals surface area contributed by atoms with E-state index < -0.39 is 5.60 Å². The van der Waals surface area contributed by atoms with Gasteiger partial charge in [-0.25, -0.2) is 4.79 Å². The van der Waals surface area contributed by atoms with Crippen molar-refractivity contribution < 1.29 is 14.3 Å². The molecule has 0 radical (unpaired) electrons. The topological polar surface area (TPSA) is 61.9 Å². The number of hydrogen-bond acceptors (Lipinski definition) is 4. The molecule has 6 nitrogen and oxygen atoms in total. The third-order valence-electron chi connectivity index (χ3n) is 6.95. The Balaban J connectivity index is 1.32. The molecule has 0 unspecified atom stereocenters. The lowest BCUT2D eigenvalue weighted by atomic mass is 9.93. The summed E-state index contributed by atoms with van der Waals surface area (Å²) in [5.74, 6) is 0.111. The molecule has 35 heavy (non-hydrogen) atoms.